The quantitative estimate of drug-likeness (QED) is 0.203. The number of halogens is 4. The van der Waals surface area contributed by atoms with Gasteiger partial charge in [-0.15, -0.1) is 0 Å². The van der Waals surface area contributed by atoms with Gasteiger partial charge in [-0.05, 0) is 58.5 Å². The van der Waals surface area contributed by atoms with Gasteiger partial charge in [0.25, 0.3) is 0 Å². The highest BCUT2D eigenvalue weighted by molar-refractivity contribution is 5.98. The van der Waals surface area contributed by atoms with Gasteiger partial charge in [0.15, 0.2) is 0 Å². The number of benzene rings is 4. The molecule has 0 atom stereocenters. The molecule has 4 aromatic carbocycles. The van der Waals surface area contributed by atoms with E-state index in [1.54, 1.807) is 42.5 Å². The third kappa shape index (κ3) is 5.30. The van der Waals surface area contributed by atoms with Crippen LogP contribution in [0.25, 0.3) is 28.1 Å². The fourth-order valence-electron chi connectivity index (χ4n) is 4.49. The summed E-state index contributed by atoms with van der Waals surface area (Å²) in [5, 5.41) is 0.400. The standard InChI is InChI=1S/C32H23F4NO/c1-2-21-14-15-24(29(33)17-21)20-38-26-11-6-10-23(18-26)30-25(16-22-8-4-3-5-9-22)19-37-31-27(30)12-7-13-28(31)32(34,35)36/h2-15,17-19H,1,16,20H2. The average Bonchev–Trinajstić information content (AvgIpc) is 2.92. The summed E-state index contributed by atoms with van der Waals surface area (Å²) in [7, 11) is 0. The third-order valence-corrected chi connectivity index (χ3v) is 6.35. The molecule has 2 nitrogen and oxygen atoms in total. The summed E-state index contributed by atoms with van der Waals surface area (Å²) in [5.41, 5.74) is 3.28. The second kappa shape index (κ2) is 10.5. The lowest BCUT2D eigenvalue weighted by Gasteiger charge is -2.17. The van der Waals surface area contributed by atoms with Crippen molar-refractivity contribution in [2.24, 2.45) is 0 Å². The monoisotopic (exact) mass is 513 g/mol. The van der Waals surface area contributed by atoms with Crippen molar-refractivity contribution in [3.63, 3.8) is 0 Å². The molecule has 0 unspecified atom stereocenters. The number of hydrogen-bond donors (Lipinski definition) is 0. The fourth-order valence-corrected chi connectivity index (χ4v) is 4.49. The van der Waals surface area contributed by atoms with Gasteiger partial charge in [-0.1, -0.05) is 79.4 Å². The van der Waals surface area contributed by atoms with Gasteiger partial charge < -0.3 is 4.74 Å². The van der Waals surface area contributed by atoms with Crippen LogP contribution in [0.1, 0.15) is 27.8 Å². The molecule has 0 saturated heterocycles. The molecule has 190 valence electrons. The van der Waals surface area contributed by atoms with Crippen LogP contribution in [-0.2, 0) is 19.2 Å². The maximum Gasteiger partial charge on any atom is 0.418 e. The Morgan fingerprint density at radius 3 is 2.37 bits per heavy atom. The van der Waals surface area contributed by atoms with Crippen molar-refractivity contribution in [2.45, 2.75) is 19.2 Å². The van der Waals surface area contributed by atoms with Gasteiger partial charge >= 0.3 is 6.18 Å². The first-order valence-electron chi connectivity index (χ1n) is 12.0. The van der Waals surface area contributed by atoms with E-state index in [2.05, 4.69) is 11.6 Å². The average molecular weight is 514 g/mol. The summed E-state index contributed by atoms with van der Waals surface area (Å²) in [4.78, 5) is 4.25. The molecular formula is C32H23F4NO. The van der Waals surface area contributed by atoms with E-state index in [1.807, 2.05) is 36.4 Å². The lowest BCUT2D eigenvalue weighted by atomic mass is 9.92. The number of alkyl halides is 3. The molecule has 1 heterocycles. The van der Waals surface area contributed by atoms with E-state index < -0.39 is 17.6 Å². The second-order valence-electron chi connectivity index (χ2n) is 8.89. The Morgan fingerprint density at radius 2 is 1.63 bits per heavy atom. The third-order valence-electron chi connectivity index (χ3n) is 6.35. The van der Waals surface area contributed by atoms with Crippen LogP contribution >= 0.6 is 0 Å². The molecule has 0 spiro atoms. The van der Waals surface area contributed by atoms with E-state index in [0.29, 0.717) is 39.8 Å². The van der Waals surface area contributed by atoms with Crippen molar-refractivity contribution in [3.8, 4) is 16.9 Å². The predicted octanol–water partition coefficient (Wildman–Crippen LogP) is 8.87. The van der Waals surface area contributed by atoms with Crippen molar-refractivity contribution in [1.82, 2.24) is 4.98 Å². The normalized spacial score (nSPS) is 11.5. The zero-order valence-electron chi connectivity index (χ0n) is 20.3. The lowest BCUT2D eigenvalue weighted by Crippen LogP contribution is -2.07. The number of fused-ring (bicyclic) bond motifs is 1. The van der Waals surface area contributed by atoms with Gasteiger partial charge in [-0.2, -0.15) is 13.2 Å². The van der Waals surface area contributed by atoms with Crippen molar-refractivity contribution in [3.05, 3.63) is 137 Å². The molecule has 5 aromatic rings. The van der Waals surface area contributed by atoms with Crippen molar-refractivity contribution >= 4 is 17.0 Å². The number of para-hydroxylation sites is 1. The first-order chi connectivity index (χ1) is 18.3. The van der Waals surface area contributed by atoms with Crippen LogP contribution in [0.15, 0.2) is 104 Å². The minimum Gasteiger partial charge on any atom is -0.489 e. The van der Waals surface area contributed by atoms with Crippen LogP contribution in [0.5, 0.6) is 5.75 Å². The van der Waals surface area contributed by atoms with Gasteiger partial charge in [0, 0.05) is 17.1 Å². The molecule has 0 fully saturated rings. The highest BCUT2D eigenvalue weighted by Gasteiger charge is 2.33. The number of ether oxygens (including phenoxy) is 1. The molecule has 0 aliphatic carbocycles. The summed E-state index contributed by atoms with van der Waals surface area (Å²) < 4.78 is 61.7. The fraction of sp³-hybridized carbons (Fsp3) is 0.0938. The largest absolute Gasteiger partial charge is 0.489 e. The molecule has 0 N–H and O–H groups in total. The first-order valence-corrected chi connectivity index (χ1v) is 12.0. The van der Waals surface area contributed by atoms with Crippen LogP contribution in [0, 0.1) is 5.82 Å². The molecular weight excluding hydrogens is 490 g/mol. The Bertz CT molecular complexity index is 1610. The summed E-state index contributed by atoms with van der Waals surface area (Å²) in [6.07, 6.45) is -0.973. The predicted molar refractivity (Wildman–Crippen MR) is 142 cm³/mol. The molecule has 0 radical (unpaired) electrons. The van der Waals surface area contributed by atoms with E-state index in [1.165, 1.54) is 18.3 Å². The topological polar surface area (TPSA) is 22.1 Å². The van der Waals surface area contributed by atoms with Crippen LogP contribution in [0.2, 0.25) is 0 Å². The number of pyridine rings is 1. The van der Waals surface area contributed by atoms with Crippen LogP contribution < -0.4 is 4.74 Å². The van der Waals surface area contributed by atoms with Gasteiger partial charge in [0.2, 0.25) is 0 Å². The van der Waals surface area contributed by atoms with Gasteiger partial charge in [0.1, 0.15) is 18.2 Å². The first kappa shape index (κ1) is 25.2. The molecule has 0 aliphatic heterocycles. The molecule has 0 amide bonds. The van der Waals surface area contributed by atoms with Crippen molar-refractivity contribution < 1.29 is 22.3 Å². The molecule has 38 heavy (non-hydrogen) atoms. The summed E-state index contributed by atoms with van der Waals surface area (Å²) in [5.74, 6) is 0.0702. The molecule has 6 heteroatoms. The Balaban J connectivity index is 1.58. The zero-order valence-corrected chi connectivity index (χ0v) is 20.3. The van der Waals surface area contributed by atoms with Gasteiger partial charge in [-0.3, -0.25) is 4.98 Å². The molecule has 5 rings (SSSR count). The number of hydrogen-bond acceptors (Lipinski definition) is 2. The maximum absolute atomic E-state index is 14.4. The SMILES string of the molecule is C=Cc1ccc(COc2cccc(-c3c(Cc4ccccc4)cnc4c(C(F)(F)F)cccc34)c2)c(F)c1. The highest BCUT2D eigenvalue weighted by Crippen LogP contribution is 2.39. The maximum atomic E-state index is 14.4. The summed E-state index contributed by atoms with van der Waals surface area (Å²) in [6, 6.07) is 25.7. The summed E-state index contributed by atoms with van der Waals surface area (Å²) >= 11 is 0. The van der Waals surface area contributed by atoms with Gasteiger partial charge in [0.05, 0.1) is 11.1 Å². The number of nitrogens with zero attached hydrogens (tertiary/aromatic N) is 1. The molecule has 0 aliphatic rings. The van der Waals surface area contributed by atoms with Gasteiger partial charge in [-0.25, -0.2) is 4.39 Å². The van der Waals surface area contributed by atoms with Crippen LogP contribution in [0.4, 0.5) is 17.6 Å². The van der Waals surface area contributed by atoms with Crippen molar-refractivity contribution in [2.75, 3.05) is 0 Å². The Labute approximate surface area is 217 Å². The van der Waals surface area contributed by atoms with Crippen LogP contribution in [0.3, 0.4) is 0 Å². The molecule has 1 aromatic heterocycles. The number of rotatable bonds is 7. The lowest BCUT2D eigenvalue weighted by molar-refractivity contribution is -0.136. The van der Waals surface area contributed by atoms with E-state index in [0.717, 1.165) is 17.2 Å². The Morgan fingerprint density at radius 1 is 0.842 bits per heavy atom. The zero-order chi connectivity index (χ0) is 26.7. The van der Waals surface area contributed by atoms with Crippen molar-refractivity contribution in [1.29, 1.82) is 0 Å². The van der Waals surface area contributed by atoms with E-state index in [9.17, 15) is 17.6 Å². The Kier molecular flexibility index (Phi) is 6.97. The highest BCUT2D eigenvalue weighted by atomic mass is 19.4. The summed E-state index contributed by atoms with van der Waals surface area (Å²) in [6.45, 7) is 3.64. The Hall–Kier alpha value is -4.45. The number of aromatic nitrogens is 1. The molecule has 0 saturated carbocycles. The second-order valence-corrected chi connectivity index (χ2v) is 8.89. The van der Waals surface area contributed by atoms with Crippen LogP contribution in [-0.4, -0.2) is 4.98 Å². The van der Waals surface area contributed by atoms with E-state index >= 15 is 0 Å². The minimum atomic E-state index is -4.54. The van der Waals surface area contributed by atoms with E-state index in [4.69, 9.17) is 4.74 Å². The van der Waals surface area contributed by atoms with E-state index in [-0.39, 0.29) is 12.1 Å². The smallest absolute Gasteiger partial charge is 0.418 e. The molecule has 0 bridgehead atoms. The minimum absolute atomic E-state index is 0.00109.